The predicted octanol–water partition coefficient (Wildman–Crippen LogP) is 4.38. The van der Waals surface area contributed by atoms with Gasteiger partial charge in [-0.2, -0.15) is 0 Å². The fourth-order valence-electron chi connectivity index (χ4n) is 2.37. The maximum Gasteiger partial charge on any atom is 0.147 e. The molecule has 0 aliphatic carbocycles. The van der Waals surface area contributed by atoms with Crippen LogP contribution in [0.3, 0.4) is 0 Å². The van der Waals surface area contributed by atoms with Gasteiger partial charge in [-0.25, -0.2) is 9.97 Å². The number of rotatable bonds is 5. The second-order valence-corrected chi connectivity index (χ2v) is 7.16. The van der Waals surface area contributed by atoms with Crippen LogP contribution in [0.1, 0.15) is 17.8 Å². The summed E-state index contributed by atoms with van der Waals surface area (Å²) in [6.45, 7) is 2.67. The molecule has 0 fully saturated rings. The lowest BCUT2D eigenvalue weighted by molar-refractivity contribution is 0.946. The van der Waals surface area contributed by atoms with E-state index in [4.69, 9.17) is 0 Å². The van der Waals surface area contributed by atoms with Crippen LogP contribution < -0.4 is 5.32 Å². The molecule has 1 aromatic carbocycles. The van der Waals surface area contributed by atoms with E-state index >= 15 is 0 Å². The van der Waals surface area contributed by atoms with Gasteiger partial charge in [-0.3, -0.25) is 0 Å². The van der Waals surface area contributed by atoms with E-state index in [1.165, 1.54) is 0 Å². The first kappa shape index (κ1) is 15.2. The Kier molecular flexibility index (Phi) is 4.18. The zero-order chi connectivity index (χ0) is 16.4. The number of nitrogens with zero attached hydrogens (tertiary/aromatic N) is 4. The van der Waals surface area contributed by atoms with Crippen LogP contribution in [0.25, 0.3) is 20.8 Å². The van der Waals surface area contributed by atoms with E-state index < -0.39 is 0 Å². The molecule has 3 aromatic heterocycles. The monoisotopic (exact) mass is 353 g/mol. The molecule has 0 spiro atoms. The fraction of sp³-hybridized carbons (Fsp3) is 0.176. The summed E-state index contributed by atoms with van der Waals surface area (Å²) in [5.41, 5.74) is 1.09. The van der Waals surface area contributed by atoms with Gasteiger partial charge in [-0.05, 0) is 11.4 Å². The lowest BCUT2D eigenvalue weighted by atomic mass is 10.2. The largest absolute Gasteiger partial charge is 0.363 e. The summed E-state index contributed by atoms with van der Waals surface area (Å²) in [6.07, 6.45) is 0.819. The Morgan fingerprint density at radius 1 is 1.04 bits per heavy atom. The average Bonchev–Trinajstić information content (AvgIpc) is 3.29. The van der Waals surface area contributed by atoms with E-state index in [1.807, 2.05) is 35.7 Å². The van der Waals surface area contributed by atoms with Crippen molar-refractivity contribution in [3.05, 3.63) is 52.6 Å². The highest BCUT2D eigenvalue weighted by atomic mass is 32.1. The normalized spacial score (nSPS) is 11.0. The number of hydrogen-bond acceptors (Lipinski definition) is 7. The fourth-order valence-corrected chi connectivity index (χ4v) is 3.94. The molecule has 3 heterocycles. The minimum atomic E-state index is 0.607. The van der Waals surface area contributed by atoms with E-state index in [0.717, 1.165) is 43.9 Å². The lowest BCUT2D eigenvalue weighted by Gasteiger charge is -2.06. The molecule has 0 unspecified atom stereocenters. The molecule has 0 radical (unpaired) electrons. The van der Waals surface area contributed by atoms with Crippen molar-refractivity contribution in [2.24, 2.45) is 0 Å². The maximum absolute atomic E-state index is 4.61. The van der Waals surface area contributed by atoms with Crippen LogP contribution >= 0.6 is 22.7 Å². The Balaban J connectivity index is 1.55. The molecule has 7 heteroatoms. The number of aryl methyl sites for hydroxylation is 1. The van der Waals surface area contributed by atoms with Crippen molar-refractivity contribution < 1.29 is 0 Å². The van der Waals surface area contributed by atoms with Gasteiger partial charge in [0.25, 0.3) is 0 Å². The van der Waals surface area contributed by atoms with Crippen LogP contribution in [0.15, 0.2) is 41.8 Å². The summed E-state index contributed by atoms with van der Waals surface area (Å²) in [5.74, 6) is 1.73. The highest BCUT2D eigenvalue weighted by Crippen LogP contribution is 2.27. The molecule has 0 saturated carbocycles. The molecule has 0 aliphatic rings. The van der Waals surface area contributed by atoms with Crippen LogP contribution in [-0.4, -0.2) is 20.2 Å². The minimum absolute atomic E-state index is 0.607. The number of hydrogen-bond donors (Lipinski definition) is 1. The topological polar surface area (TPSA) is 63.6 Å². The van der Waals surface area contributed by atoms with Crippen molar-refractivity contribution >= 4 is 38.7 Å². The maximum atomic E-state index is 4.61. The first-order valence-electron chi connectivity index (χ1n) is 7.69. The Labute approximate surface area is 147 Å². The standard InChI is InChI=1S/C17H15N5S2/c1-2-13-19-15(12-8-9-23-17(12)20-13)18-10-14-21-22-16(24-14)11-6-4-3-5-7-11/h3-9H,2,10H2,1H3,(H,18,19,20). The lowest BCUT2D eigenvalue weighted by Crippen LogP contribution is -2.04. The van der Waals surface area contributed by atoms with E-state index in [9.17, 15) is 0 Å². The first-order chi connectivity index (χ1) is 11.8. The molecular weight excluding hydrogens is 338 g/mol. The Hall–Kier alpha value is -2.38. The zero-order valence-corrected chi connectivity index (χ0v) is 14.7. The quantitative estimate of drug-likeness (QED) is 0.577. The molecule has 0 aliphatic heterocycles. The summed E-state index contributed by atoms with van der Waals surface area (Å²) in [6, 6.07) is 12.2. The third kappa shape index (κ3) is 3.00. The van der Waals surface area contributed by atoms with E-state index in [0.29, 0.717) is 6.54 Å². The Morgan fingerprint density at radius 3 is 2.75 bits per heavy atom. The molecule has 4 rings (SSSR count). The third-order valence-corrected chi connectivity index (χ3v) is 5.36. The van der Waals surface area contributed by atoms with Crippen molar-refractivity contribution in [1.82, 2.24) is 20.2 Å². The Morgan fingerprint density at radius 2 is 1.92 bits per heavy atom. The first-order valence-corrected chi connectivity index (χ1v) is 9.39. The van der Waals surface area contributed by atoms with Crippen LogP contribution in [0.2, 0.25) is 0 Å². The molecule has 5 nitrogen and oxygen atoms in total. The van der Waals surface area contributed by atoms with Gasteiger partial charge in [-0.15, -0.1) is 21.5 Å². The van der Waals surface area contributed by atoms with Crippen molar-refractivity contribution in [1.29, 1.82) is 0 Å². The molecule has 0 amide bonds. The predicted molar refractivity (Wildman–Crippen MR) is 99.5 cm³/mol. The van der Waals surface area contributed by atoms with Crippen LogP contribution in [0.5, 0.6) is 0 Å². The highest BCUT2D eigenvalue weighted by molar-refractivity contribution is 7.16. The highest BCUT2D eigenvalue weighted by Gasteiger charge is 2.10. The van der Waals surface area contributed by atoms with Gasteiger partial charge in [0.2, 0.25) is 0 Å². The summed E-state index contributed by atoms with van der Waals surface area (Å²) < 4.78 is 0. The second-order valence-electron chi connectivity index (χ2n) is 5.20. The number of thiophene rings is 1. The Bertz CT molecular complexity index is 961. The van der Waals surface area contributed by atoms with Crippen LogP contribution in [-0.2, 0) is 13.0 Å². The van der Waals surface area contributed by atoms with Gasteiger partial charge in [0.15, 0.2) is 0 Å². The van der Waals surface area contributed by atoms with Crippen molar-refractivity contribution in [3.63, 3.8) is 0 Å². The van der Waals surface area contributed by atoms with Crippen molar-refractivity contribution in [3.8, 4) is 10.6 Å². The average molecular weight is 353 g/mol. The van der Waals surface area contributed by atoms with E-state index in [-0.39, 0.29) is 0 Å². The van der Waals surface area contributed by atoms with Gasteiger partial charge < -0.3 is 5.32 Å². The number of benzene rings is 1. The number of fused-ring (bicyclic) bond motifs is 1. The molecule has 1 N–H and O–H groups in total. The smallest absolute Gasteiger partial charge is 0.147 e. The van der Waals surface area contributed by atoms with E-state index in [1.54, 1.807) is 22.7 Å². The molecule has 0 atom stereocenters. The minimum Gasteiger partial charge on any atom is -0.363 e. The summed E-state index contributed by atoms with van der Waals surface area (Å²) in [7, 11) is 0. The van der Waals surface area contributed by atoms with Crippen molar-refractivity contribution in [2.75, 3.05) is 5.32 Å². The summed E-state index contributed by atoms with van der Waals surface area (Å²) in [5, 5.41) is 16.9. The van der Waals surface area contributed by atoms with Gasteiger partial charge >= 0.3 is 0 Å². The molecule has 24 heavy (non-hydrogen) atoms. The van der Waals surface area contributed by atoms with Crippen molar-refractivity contribution in [2.45, 2.75) is 19.9 Å². The SMILES string of the molecule is CCc1nc(NCc2nnc(-c3ccccc3)s2)c2ccsc2n1. The molecule has 0 bridgehead atoms. The number of aromatic nitrogens is 4. The van der Waals surface area contributed by atoms with Gasteiger partial charge in [0, 0.05) is 12.0 Å². The van der Waals surface area contributed by atoms with Gasteiger partial charge in [-0.1, -0.05) is 48.6 Å². The third-order valence-electron chi connectivity index (χ3n) is 3.58. The van der Waals surface area contributed by atoms with Crippen LogP contribution in [0.4, 0.5) is 5.82 Å². The molecule has 0 saturated heterocycles. The second kappa shape index (κ2) is 6.62. The zero-order valence-electron chi connectivity index (χ0n) is 13.1. The number of nitrogens with one attached hydrogen (secondary N) is 1. The van der Waals surface area contributed by atoms with E-state index in [2.05, 4.69) is 38.5 Å². The van der Waals surface area contributed by atoms with Crippen LogP contribution in [0, 0.1) is 0 Å². The number of anilines is 1. The molecule has 120 valence electrons. The molecule has 4 aromatic rings. The summed E-state index contributed by atoms with van der Waals surface area (Å²) in [4.78, 5) is 10.2. The van der Waals surface area contributed by atoms with Gasteiger partial charge in [0.05, 0.1) is 11.9 Å². The summed E-state index contributed by atoms with van der Waals surface area (Å²) >= 11 is 3.23. The van der Waals surface area contributed by atoms with Gasteiger partial charge in [0.1, 0.15) is 26.5 Å². The molecular formula is C17H15N5S2.